The lowest BCUT2D eigenvalue weighted by Gasteiger charge is -2.28. The second-order valence-corrected chi connectivity index (χ2v) is 6.85. The van der Waals surface area contributed by atoms with Crippen molar-refractivity contribution in [1.29, 1.82) is 0 Å². The molecule has 9 heteroatoms. The van der Waals surface area contributed by atoms with E-state index in [0.717, 1.165) is 5.39 Å². The summed E-state index contributed by atoms with van der Waals surface area (Å²) in [6.07, 6.45) is 3.30. The Morgan fingerprint density at radius 1 is 0.968 bits per heavy atom. The zero-order chi connectivity index (χ0) is 22.0. The van der Waals surface area contributed by atoms with Crippen molar-refractivity contribution in [2.45, 2.75) is 6.42 Å². The number of carbonyl (C=O) groups excluding carboxylic acids is 3. The Morgan fingerprint density at radius 2 is 1.71 bits per heavy atom. The molecule has 4 rings (SSSR count). The summed E-state index contributed by atoms with van der Waals surface area (Å²) >= 11 is 0. The number of para-hydroxylation sites is 1. The first-order valence-electron chi connectivity index (χ1n) is 9.65. The third-order valence-corrected chi connectivity index (χ3v) is 5.07. The number of ether oxygens (including phenoxy) is 2. The maximum Gasteiger partial charge on any atom is 0.338 e. The fraction of sp³-hybridized carbons (Fsp3) is 0.227. The average molecular weight is 420 g/mol. The van der Waals surface area contributed by atoms with Crippen LogP contribution in [0.3, 0.4) is 0 Å². The summed E-state index contributed by atoms with van der Waals surface area (Å²) in [7, 11) is 2.76. The van der Waals surface area contributed by atoms with Gasteiger partial charge in [0.25, 0.3) is 11.8 Å². The van der Waals surface area contributed by atoms with Crippen LogP contribution in [-0.4, -0.2) is 65.1 Å². The number of methoxy groups -OCH3 is 2. The van der Waals surface area contributed by atoms with Crippen molar-refractivity contribution in [2.75, 3.05) is 27.3 Å². The van der Waals surface area contributed by atoms with Gasteiger partial charge >= 0.3 is 5.97 Å². The average Bonchev–Trinajstić information content (AvgIpc) is 3.31. The number of benzene rings is 1. The minimum absolute atomic E-state index is 0.0677. The highest BCUT2D eigenvalue weighted by Gasteiger charge is 2.34. The Hall–Kier alpha value is -4.01. The van der Waals surface area contributed by atoms with Crippen LogP contribution in [0.1, 0.15) is 37.6 Å². The lowest BCUT2D eigenvalue weighted by molar-refractivity contribution is 0.0180. The Bertz CT molecular complexity index is 1180. The number of esters is 1. The minimum atomic E-state index is -0.649. The van der Waals surface area contributed by atoms with Gasteiger partial charge in [0, 0.05) is 36.9 Å². The molecule has 158 valence electrons. The molecule has 1 fully saturated rings. The van der Waals surface area contributed by atoms with Gasteiger partial charge in [0.2, 0.25) is 0 Å². The molecule has 3 heterocycles. The molecule has 0 atom stereocenters. The summed E-state index contributed by atoms with van der Waals surface area (Å²) < 4.78 is 10.2. The van der Waals surface area contributed by atoms with Crippen molar-refractivity contribution in [2.24, 2.45) is 0 Å². The maximum atomic E-state index is 13.3. The molecule has 3 aromatic rings. The monoisotopic (exact) mass is 420 g/mol. The number of rotatable bonds is 4. The Balaban J connectivity index is 1.68. The second-order valence-electron chi connectivity index (χ2n) is 6.85. The number of aromatic nitrogens is 2. The van der Waals surface area contributed by atoms with Gasteiger partial charge in [-0.05, 0) is 24.6 Å². The van der Waals surface area contributed by atoms with Gasteiger partial charge in [-0.15, -0.1) is 0 Å². The fourth-order valence-corrected chi connectivity index (χ4v) is 3.58. The predicted octanol–water partition coefficient (Wildman–Crippen LogP) is 2.33. The number of amides is 2. The van der Waals surface area contributed by atoms with Crippen LogP contribution >= 0.6 is 0 Å². The molecule has 0 saturated carbocycles. The van der Waals surface area contributed by atoms with Gasteiger partial charge in [-0.1, -0.05) is 12.1 Å². The van der Waals surface area contributed by atoms with Crippen molar-refractivity contribution in [3.05, 3.63) is 65.6 Å². The van der Waals surface area contributed by atoms with E-state index in [1.54, 1.807) is 12.1 Å². The highest BCUT2D eigenvalue weighted by molar-refractivity contribution is 6.06. The predicted molar refractivity (Wildman–Crippen MR) is 111 cm³/mol. The molecule has 2 aromatic heterocycles. The summed E-state index contributed by atoms with van der Waals surface area (Å²) in [5, 5.41) is 3.44. The van der Waals surface area contributed by atoms with Gasteiger partial charge in [0.15, 0.2) is 0 Å². The Labute approximate surface area is 178 Å². The smallest absolute Gasteiger partial charge is 0.338 e. The van der Waals surface area contributed by atoms with Crippen LogP contribution in [-0.2, 0) is 4.74 Å². The van der Waals surface area contributed by atoms with Gasteiger partial charge in [0.1, 0.15) is 11.4 Å². The van der Waals surface area contributed by atoms with Crippen LogP contribution in [0.2, 0.25) is 0 Å². The highest BCUT2D eigenvalue weighted by Crippen LogP contribution is 2.27. The van der Waals surface area contributed by atoms with E-state index in [1.165, 1.54) is 42.7 Å². The number of hydrazine groups is 1. The first kappa shape index (κ1) is 20.3. The van der Waals surface area contributed by atoms with E-state index in [4.69, 9.17) is 9.47 Å². The van der Waals surface area contributed by atoms with Crippen LogP contribution in [0.25, 0.3) is 10.9 Å². The molecule has 1 aromatic carbocycles. The minimum Gasteiger partial charge on any atom is -0.496 e. The molecule has 9 nitrogen and oxygen atoms in total. The van der Waals surface area contributed by atoms with Gasteiger partial charge < -0.3 is 9.47 Å². The number of pyridine rings is 2. The van der Waals surface area contributed by atoms with E-state index in [9.17, 15) is 14.4 Å². The molecule has 2 amide bonds. The molecular formula is C22H20N4O5. The lowest BCUT2D eigenvalue weighted by atomic mass is 10.1. The van der Waals surface area contributed by atoms with Crippen molar-refractivity contribution in [3.63, 3.8) is 0 Å². The molecule has 0 radical (unpaired) electrons. The van der Waals surface area contributed by atoms with Crippen molar-refractivity contribution >= 4 is 28.7 Å². The number of hydrogen-bond acceptors (Lipinski definition) is 7. The number of nitrogens with zero attached hydrogens (tertiary/aromatic N) is 4. The quantitative estimate of drug-likeness (QED) is 0.597. The van der Waals surface area contributed by atoms with Crippen LogP contribution in [0, 0.1) is 0 Å². The highest BCUT2D eigenvalue weighted by atomic mass is 16.5. The number of hydrogen-bond donors (Lipinski definition) is 0. The van der Waals surface area contributed by atoms with Gasteiger partial charge in [-0.3, -0.25) is 14.6 Å². The standard InChI is InChI=1S/C22H20N4O5/c1-30-19-12-18(24-17-7-4-3-6-15(17)19)21(28)26-11-5-10-25(26)20(27)16-13-23-9-8-14(16)22(29)31-2/h3-4,6-9,12-13H,5,10-11H2,1-2H3. The molecule has 1 aliphatic heterocycles. The van der Waals surface area contributed by atoms with E-state index < -0.39 is 17.8 Å². The molecule has 0 bridgehead atoms. The first-order chi connectivity index (χ1) is 15.0. The third kappa shape index (κ3) is 3.65. The first-order valence-corrected chi connectivity index (χ1v) is 9.65. The maximum absolute atomic E-state index is 13.3. The SMILES string of the molecule is COC(=O)c1ccncc1C(=O)N1CCCN1C(=O)c1cc(OC)c2ccccc2n1. The fourth-order valence-electron chi connectivity index (χ4n) is 3.58. The Kier molecular flexibility index (Phi) is 5.48. The largest absolute Gasteiger partial charge is 0.496 e. The van der Waals surface area contributed by atoms with E-state index in [-0.39, 0.29) is 16.8 Å². The van der Waals surface area contributed by atoms with Gasteiger partial charge in [0.05, 0.1) is 30.9 Å². The van der Waals surface area contributed by atoms with Crippen molar-refractivity contribution < 1.29 is 23.9 Å². The zero-order valence-electron chi connectivity index (χ0n) is 17.1. The molecule has 31 heavy (non-hydrogen) atoms. The summed E-state index contributed by atoms with van der Waals surface area (Å²) in [4.78, 5) is 47.0. The molecule has 0 spiro atoms. The number of carbonyl (C=O) groups is 3. The van der Waals surface area contributed by atoms with Crippen LogP contribution in [0.4, 0.5) is 0 Å². The zero-order valence-corrected chi connectivity index (χ0v) is 17.1. The van der Waals surface area contributed by atoms with E-state index in [0.29, 0.717) is 30.8 Å². The van der Waals surface area contributed by atoms with Crippen molar-refractivity contribution in [3.8, 4) is 5.75 Å². The van der Waals surface area contributed by atoms with Crippen LogP contribution in [0.5, 0.6) is 5.75 Å². The second kappa shape index (κ2) is 8.39. The van der Waals surface area contributed by atoms with E-state index >= 15 is 0 Å². The molecular weight excluding hydrogens is 400 g/mol. The molecule has 0 unspecified atom stereocenters. The van der Waals surface area contributed by atoms with E-state index in [1.807, 2.05) is 18.2 Å². The van der Waals surface area contributed by atoms with Gasteiger partial charge in [-0.25, -0.2) is 19.8 Å². The summed E-state index contributed by atoms with van der Waals surface area (Å²) in [5.41, 5.74) is 0.933. The Morgan fingerprint density at radius 3 is 2.45 bits per heavy atom. The summed E-state index contributed by atoms with van der Waals surface area (Å²) in [5.74, 6) is -1.07. The summed E-state index contributed by atoms with van der Waals surface area (Å²) in [6.45, 7) is 0.667. The number of fused-ring (bicyclic) bond motifs is 1. The summed E-state index contributed by atoms with van der Waals surface area (Å²) in [6, 6.07) is 10.3. The molecule has 1 saturated heterocycles. The topological polar surface area (TPSA) is 102 Å². The third-order valence-electron chi connectivity index (χ3n) is 5.07. The lowest BCUT2D eigenvalue weighted by Crippen LogP contribution is -2.45. The van der Waals surface area contributed by atoms with E-state index in [2.05, 4.69) is 9.97 Å². The molecule has 1 aliphatic rings. The molecule has 0 aliphatic carbocycles. The van der Waals surface area contributed by atoms with Crippen LogP contribution in [0.15, 0.2) is 48.8 Å². The molecule has 0 N–H and O–H groups in total. The van der Waals surface area contributed by atoms with Crippen molar-refractivity contribution in [1.82, 2.24) is 20.0 Å². The van der Waals surface area contributed by atoms with Crippen LogP contribution < -0.4 is 4.74 Å². The normalized spacial score (nSPS) is 13.4. The van der Waals surface area contributed by atoms with Gasteiger partial charge in [-0.2, -0.15) is 0 Å².